The average Bonchev–Trinajstić information content (AvgIpc) is 2.06. The van der Waals surface area contributed by atoms with E-state index in [0.29, 0.717) is 8.84 Å². The summed E-state index contributed by atoms with van der Waals surface area (Å²) in [5.74, 6) is 0. The van der Waals surface area contributed by atoms with Crippen molar-refractivity contribution >= 4 is 45.2 Å². The van der Waals surface area contributed by atoms with Crippen molar-refractivity contribution in [2.45, 2.75) is 49.4 Å². The Bertz CT molecular complexity index is 146. The molecule has 0 amide bonds. The maximum absolute atomic E-state index is 2.73. The molecule has 0 radical (unpaired) electrons. The topological polar surface area (TPSA) is 0 Å². The van der Waals surface area contributed by atoms with Gasteiger partial charge in [-0.2, -0.15) is 0 Å². The monoisotopic (exact) mass is 392 g/mol. The summed E-state index contributed by atoms with van der Waals surface area (Å²) in [7, 11) is 0. The van der Waals surface area contributed by atoms with E-state index in [0.717, 1.165) is 0 Å². The van der Waals surface area contributed by atoms with Gasteiger partial charge in [0, 0.05) is 7.85 Å². The Morgan fingerprint density at radius 2 is 1.67 bits per heavy atom. The van der Waals surface area contributed by atoms with Gasteiger partial charge >= 0.3 is 0 Å². The van der Waals surface area contributed by atoms with Crippen LogP contribution in [-0.4, -0.2) is 7.85 Å². The van der Waals surface area contributed by atoms with Crippen LogP contribution < -0.4 is 0 Å². The van der Waals surface area contributed by atoms with Gasteiger partial charge in [0.1, 0.15) is 0 Å². The minimum Gasteiger partial charge on any atom is -0.0857 e. The minimum absolute atomic E-state index is 0.522. The summed E-state index contributed by atoms with van der Waals surface area (Å²) in [5.41, 5.74) is 0.522. The molecule has 0 aromatic carbocycles. The fraction of sp³-hybridized carbons (Fsp3) is 1.00. The van der Waals surface area contributed by atoms with Crippen LogP contribution in [0.5, 0.6) is 0 Å². The van der Waals surface area contributed by atoms with Gasteiger partial charge in [0.05, 0.1) is 0 Å². The van der Waals surface area contributed by atoms with Crippen LogP contribution in [0.4, 0.5) is 0 Å². The van der Waals surface area contributed by atoms with Crippen LogP contribution in [0.25, 0.3) is 0 Å². The Morgan fingerprint density at radius 1 is 1.17 bits per heavy atom. The number of rotatable bonds is 2. The standard InChI is InChI=1S/C10H18I2/c1-9(2,8-11)10(12)6-4-3-5-7-10/h3-8H2,1-2H3. The molecule has 0 bridgehead atoms. The first kappa shape index (κ1) is 11.5. The highest BCUT2D eigenvalue weighted by Gasteiger charge is 2.42. The zero-order chi connectivity index (χ0) is 9.24. The highest BCUT2D eigenvalue weighted by atomic mass is 127. The van der Waals surface area contributed by atoms with E-state index in [1.807, 2.05) is 0 Å². The highest BCUT2D eigenvalue weighted by Crippen LogP contribution is 2.49. The van der Waals surface area contributed by atoms with E-state index in [-0.39, 0.29) is 0 Å². The molecule has 1 aliphatic carbocycles. The number of hydrogen-bond donors (Lipinski definition) is 0. The minimum atomic E-state index is 0.522. The zero-order valence-corrected chi connectivity index (χ0v) is 12.3. The van der Waals surface area contributed by atoms with Crippen molar-refractivity contribution in [2.24, 2.45) is 5.41 Å². The van der Waals surface area contributed by atoms with Crippen molar-refractivity contribution in [3.63, 3.8) is 0 Å². The van der Waals surface area contributed by atoms with Crippen LogP contribution in [0.15, 0.2) is 0 Å². The van der Waals surface area contributed by atoms with Gasteiger partial charge < -0.3 is 0 Å². The number of alkyl halides is 2. The Balaban J connectivity index is 2.68. The Hall–Kier alpha value is 1.46. The van der Waals surface area contributed by atoms with Gasteiger partial charge in [-0.1, -0.05) is 78.3 Å². The quantitative estimate of drug-likeness (QED) is 0.477. The molecule has 0 aliphatic heterocycles. The third-order valence-electron chi connectivity index (χ3n) is 3.19. The predicted molar refractivity (Wildman–Crippen MR) is 72.5 cm³/mol. The van der Waals surface area contributed by atoms with Gasteiger partial charge in [-0.05, 0) is 18.3 Å². The molecular weight excluding hydrogens is 374 g/mol. The number of hydrogen-bond acceptors (Lipinski definition) is 0. The second-order valence-electron chi connectivity index (χ2n) is 4.54. The first-order chi connectivity index (χ1) is 5.52. The van der Waals surface area contributed by atoms with Gasteiger partial charge in [0.2, 0.25) is 0 Å². The van der Waals surface area contributed by atoms with Crippen molar-refractivity contribution in [1.29, 1.82) is 0 Å². The normalized spacial score (nSPS) is 24.0. The molecule has 0 heterocycles. The Kier molecular flexibility index (Phi) is 4.15. The van der Waals surface area contributed by atoms with Crippen LogP contribution >= 0.6 is 45.2 Å². The van der Waals surface area contributed by atoms with E-state index in [1.54, 1.807) is 0 Å². The summed E-state index contributed by atoms with van der Waals surface area (Å²) in [5, 5.41) is 0. The van der Waals surface area contributed by atoms with Crippen LogP contribution in [0.1, 0.15) is 46.0 Å². The molecule has 0 saturated heterocycles. The summed E-state index contributed by atoms with van der Waals surface area (Å²) >= 11 is 5.27. The SMILES string of the molecule is CC(C)(CI)C1(I)CCCCC1. The Morgan fingerprint density at radius 3 is 2.08 bits per heavy atom. The highest BCUT2D eigenvalue weighted by molar-refractivity contribution is 14.1. The summed E-state index contributed by atoms with van der Waals surface area (Å²) < 4.78 is 1.87. The van der Waals surface area contributed by atoms with Gasteiger partial charge in [-0.25, -0.2) is 0 Å². The van der Waals surface area contributed by atoms with Crippen LogP contribution in [-0.2, 0) is 0 Å². The lowest BCUT2D eigenvalue weighted by molar-refractivity contribution is 0.243. The molecule has 2 heteroatoms. The van der Waals surface area contributed by atoms with Crippen molar-refractivity contribution in [3.8, 4) is 0 Å². The van der Waals surface area contributed by atoms with E-state index in [9.17, 15) is 0 Å². The molecule has 0 aromatic heterocycles. The molecule has 1 rings (SSSR count). The van der Waals surface area contributed by atoms with Crippen molar-refractivity contribution in [1.82, 2.24) is 0 Å². The predicted octanol–water partition coefficient (Wildman–Crippen LogP) is 4.59. The lowest BCUT2D eigenvalue weighted by atomic mass is 9.72. The second kappa shape index (κ2) is 4.32. The van der Waals surface area contributed by atoms with E-state index in [4.69, 9.17) is 0 Å². The fourth-order valence-electron chi connectivity index (χ4n) is 1.91. The molecule has 72 valence electrons. The second-order valence-corrected chi connectivity index (χ2v) is 7.37. The van der Waals surface area contributed by atoms with Gasteiger partial charge in [0.25, 0.3) is 0 Å². The third kappa shape index (κ3) is 2.28. The molecule has 0 aromatic rings. The maximum Gasteiger partial charge on any atom is 0.0280 e. The summed E-state index contributed by atoms with van der Waals surface area (Å²) in [6.45, 7) is 4.86. The van der Waals surface area contributed by atoms with E-state index in [1.165, 1.54) is 36.5 Å². The van der Waals surface area contributed by atoms with E-state index < -0.39 is 0 Å². The smallest absolute Gasteiger partial charge is 0.0280 e. The number of halogens is 2. The van der Waals surface area contributed by atoms with Crippen LogP contribution in [0, 0.1) is 5.41 Å². The molecular formula is C10H18I2. The summed E-state index contributed by atoms with van der Waals surface area (Å²) in [6, 6.07) is 0. The molecule has 0 spiro atoms. The molecule has 1 aliphatic rings. The first-order valence-corrected chi connectivity index (χ1v) is 7.37. The summed E-state index contributed by atoms with van der Waals surface area (Å²) in [6.07, 6.45) is 7.22. The van der Waals surface area contributed by atoms with Crippen molar-refractivity contribution in [3.05, 3.63) is 0 Å². The Labute approximate surface area is 104 Å². The van der Waals surface area contributed by atoms with E-state index in [2.05, 4.69) is 59.0 Å². The summed E-state index contributed by atoms with van der Waals surface area (Å²) in [4.78, 5) is 0. The lowest BCUT2D eigenvalue weighted by Gasteiger charge is -2.44. The van der Waals surface area contributed by atoms with Gasteiger partial charge in [-0.3, -0.25) is 0 Å². The molecule has 0 unspecified atom stereocenters. The zero-order valence-electron chi connectivity index (χ0n) is 8.00. The van der Waals surface area contributed by atoms with Gasteiger partial charge in [0.15, 0.2) is 0 Å². The lowest BCUT2D eigenvalue weighted by Crippen LogP contribution is -2.41. The van der Waals surface area contributed by atoms with Crippen molar-refractivity contribution < 1.29 is 0 Å². The largest absolute Gasteiger partial charge is 0.0857 e. The molecule has 12 heavy (non-hydrogen) atoms. The fourth-order valence-corrected chi connectivity index (χ4v) is 4.32. The first-order valence-electron chi connectivity index (χ1n) is 4.77. The molecule has 1 fully saturated rings. The van der Waals surface area contributed by atoms with E-state index >= 15 is 0 Å². The molecule has 0 nitrogen and oxygen atoms in total. The maximum atomic E-state index is 2.73. The van der Waals surface area contributed by atoms with Crippen LogP contribution in [0.2, 0.25) is 0 Å². The molecule has 0 atom stereocenters. The van der Waals surface area contributed by atoms with Crippen molar-refractivity contribution in [2.75, 3.05) is 4.43 Å². The molecule has 1 saturated carbocycles. The molecule has 0 N–H and O–H groups in total. The third-order valence-corrected chi connectivity index (χ3v) is 7.64. The van der Waals surface area contributed by atoms with Crippen LogP contribution in [0.3, 0.4) is 0 Å². The van der Waals surface area contributed by atoms with Gasteiger partial charge in [-0.15, -0.1) is 0 Å². The average molecular weight is 392 g/mol.